The van der Waals surface area contributed by atoms with Gasteiger partial charge in [0.15, 0.2) is 0 Å². The lowest BCUT2D eigenvalue weighted by molar-refractivity contribution is -0.893. The van der Waals surface area contributed by atoms with Gasteiger partial charge in [-0.25, -0.2) is 0 Å². The smallest absolute Gasteiger partial charge is 0.130 e. The predicted octanol–water partition coefficient (Wildman–Crippen LogP) is 10.4. The minimum atomic E-state index is 0.198. The molecule has 0 aliphatic carbocycles. The van der Waals surface area contributed by atoms with Gasteiger partial charge in [-0.3, -0.25) is 0 Å². The summed E-state index contributed by atoms with van der Waals surface area (Å²) >= 11 is 0. The summed E-state index contributed by atoms with van der Waals surface area (Å²) in [6.07, 6.45) is 37.0. The van der Waals surface area contributed by atoms with Gasteiger partial charge in [0.1, 0.15) is 12.6 Å². The molecule has 1 unspecified atom stereocenters. The topological polar surface area (TPSA) is 21.7 Å². The van der Waals surface area contributed by atoms with Gasteiger partial charge < -0.3 is 18.9 Å². The summed E-state index contributed by atoms with van der Waals surface area (Å²) in [7, 11) is 9.04. The second-order valence-electron chi connectivity index (χ2n) is 13.6. The quantitative estimate of drug-likeness (QED) is 0.0429. The van der Waals surface area contributed by atoms with Gasteiger partial charge in [0.25, 0.3) is 0 Å². The molecular formula is C38H77N2O2+. The first-order valence-electron chi connectivity index (χ1n) is 18.4. The average molecular weight is 594 g/mol. The van der Waals surface area contributed by atoms with Gasteiger partial charge in [-0.2, -0.15) is 0 Å². The lowest BCUT2D eigenvalue weighted by Gasteiger charge is -2.34. The van der Waals surface area contributed by atoms with Crippen molar-refractivity contribution in [1.82, 2.24) is 4.90 Å². The Labute approximate surface area is 265 Å². The minimum Gasteiger partial charge on any atom is -0.379 e. The van der Waals surface area contributed by atoms with E-state index in [0.717, 1.165) is 37.4 Å². The van der Waals surface area contributed by atoms with Gasteiger partial charge in [-0.1, -0.05) is 115 Å². The molecule has 0 aliphatic heterocycles. The van der Waals surface area contributed by atoms with Crippen LogP contribution in [0.4, 0.5) is 0 Å². The molecule has 0 spiro atoms. The summed E-state index contributed by atoms with van der Waals surface area (Å²) in [6, 6.07) is 0. The summed E-state index contributed by atoms with van der Waals surface area (Å²) in [5, 5.41) is 0. The van der Waals surface area contributed by atoms with Gasteiger partial charge in [-0.05, 0) is 65.5 Å². The predicted molar refractivity (Wildman–Crippen MR) is 188 cm³/mol. The van der Waals surface area contributed by atoms with Gasteiger partial charge >= 0.3 is 0 Å². The summed E-state index contributed by atoms with van der Waals surface area (Å²) in [4.78, 5) is 2.28. The van der Waals surface area contributed by atoms with Crippen molar-refractivity contribution in [3.8, 4) is 0 Å². The van der Waals surface area contributed by atoms with Crippen LogP contribution >= 0.6 is 0 Å². The number of nitrogens with zero attached hydrogens (tertiary/aromatic N) is 2. The number of rotatable bonds is 33. The molecule has 0 aromatic carbocycles. The Hall–Kier alpha value is -0.680. The van der Waals surface area contributed by atoms with E-state index in [2.05, 4.69) is 71.2 Å². The summed E-state index contributed by atoms with van der Waals surface area (Å²) in [5.74, 6) is 0. The maximum atomic E-state index is 6.44. The number of hydrogen-bond acceptors (Lipinski definition) is 3. The van der Waals surface area contributed by atoms with Crippen LogP contribution in [0.25, 0.3) is 0 Å². The standard InChI is InChI=1S/C38H77N2O2/c1-7-9-11-13-15-17-19-21-23-25-27-29-34-41-37-38(36-40(5,6)33-31-32-39(3)4)42-35-30-28-26-24-22-20-18-16-14-12-10-8-2/h13-16,38H,7-12,17-37H2,1-6H3/q+1. The van der Waals surface area contributed by atoms with E-state index >= 15 is 0 Å². The molecule has 42 heavy (non-hydrogen) atoms. The van der Waals surface area contributed by atoms with E-state index in [0.29, 0.717) is 0 Å². The molecule has 0 aromatic heterocycles. The monoisotopic (exact) mass is 594 g/mol. The highest BCUT2D eigenvalue weighted by atomic mass is 16.5. The van der Waals surface area contributed by atoms with Gasteiger partial charge in [0.2, 0.25) is 0 Å². The fourth-order valence-corrected chi connectivity index (χ4v) is 5.44. The first-order valence-corrected chi connectivity index (χ1v) is 18.4. The Balaban J connectivity index is 4.10. The third-order valence-corrected chi connectivity index (χ3v) is 8.18. The number of likely N-dealkylation sites (N-methyl/N-ethyl adjacent to an activating group) is 1. The van der Waals surface area contributed by atoms with Crippen molar-refractivity contribution in [2.75, 3.05) is 67.6 Å². The Morgan fingerprint density at radius 1 is 0.571 bits per heavy atom. The number of unbranched alkanes of at least 4 members (excludes halogenated alkanes) is 16. The van der Waals surface area contributed by atoms with Crippen molar-refractivity contribution in [2.24, 2.45) is 0 Å². The Kier molecular flexibility index (Phi) is 31.2. The van der Waals surface area contributed by atoms with Crippen LogP contribution in [0.3, 0.4) is 0 Å². The molecule has 0 amide bonds. The molecule has 0 N–H and O–H groups in total. The van der Waals surface area contributed by atoms with Crippen molar-refractivity contribution >= 4 is 0 Å². The van der Waals surface area contributed by atoms with Gasteiger partial charge in [0.05, 0.1) is 27.2 Å². The molecular weight excluding hydrogens is 516 g/mol. The van der Waals surface area contributed by atoms with Crippen molar-refractivity contribution in [3.63, 3.8) is 0 Å². The van der Waals surface area contributed by atoms with E-state index < -0.39 is 0 Å². The van der Waals surface area contributed by atoms with Crippen LogP contribution in [0.15, 0.2) is 24.3 Å². The third kappa shape index (κ3) is 32.2. The van der Waals surface area contributed by atoms with Crippen LogP contribution < -0.4 is 0 Å². The molecule has 0 fully saturated rings. The molecule has 0 radical (unpaired) electrons. The maximum Gasteiger partial charge on any atom is 0.130 e. The molecule has 0 aliphatic rings. The van der Waals surface area contributed by atoms with Crippen molar-refractivity contribution < 1.29 is 14.0 Å². The molecule has 1 atom stereocenters. The van der Waals surface area contributed by atoms with Gasteiger partial charge in [0, 0.05) is 26.2 Å². The SMILES string of the molecule is CCCCC=CCCCCCCCCOCC(C[N+](C)(C)CCCN(C)C)OCCCCCCCCC=CCCCC. The lowest BCUT2D eigenvalue weighted by atomic mass is 10.1. The van der Waals surface area contributed by atoms with E-state index in [1.54, 1.807) is 0 Å². The number of quaternary nitrogens is 1. The highest BCUT2D eigenvalue weighted by Crippen LogP contribution is 2.12. The summed E-state index contributed by atoms with van der Waals surface area (Å²) in [5.41, 5.74) is 0. The van der Waals surface area contributed by atoms with E-state index in [1.807, 2.05) is 0 Å². The molecule has 4 nitrogen and oxygen atoms in total. The molecule has 0 rings (SSSR count). The van der Waals surface area contributed by atoms with E-state index in [-0.39, 0.29) is 6.10 Å². The molecule has 0 saturated heterocycles. The summed E-state index contributed by atoms with van der Waals surface area (Å²) < 4.78 is 13.6. The van der Waals surface area contributed by atoms with Crippen LogP contribution in [0.1, 0.15) is 149 Å². The van der Waals surface area contributed by atoms with Crippen LogP contribution in [-0.4, -0.2) is 83.1 Å². The summed E-state index contributed by atoms with van der Waals surface area (Å²) in [6.45, 7) is 10.4. The molecule has 0 saturated carbocycles. The van der Waals surface area contributed by atoms with Crippen LogP contribution in [0, 0.1) is 0 Å². The zero-order valence-corrected chi connectivity index (χ0v) is 29.7. The molecule has 0 bridgehead atoms. The van der Waals surface area contributed by atoms with Crippen molar-refractivity contribution in [3.05, 3.63) is 24.3 Å². The lowest BCUT2D eigenvalue weighted by Crippen LogP contribution is -2.48. The second-order valence-corrected chi connectivity index (χ2v) is 13.6. The molecule has 0 aromatic rings. The maximum absolute atomic E-state index is 6.44. The minimum absolute atomic E-state index is 0.198. The zero-order valence-electron chi connectivity index (χ0n) is 29.7. The van der Waals surface area contributed by atoms with E-state index in [9.17, 15) is 0 Å². The molecule has 250 valence electrons. The third-order valence-electron chi connectivity index (χ3n) is 8.18. The first kappa shape index (κ1) is 41.3. The number of ether oxygens (including phenoxy) is 2. The highest BCUT2D eigenvalue weighted by Gasteiger charge is 2.23. The van der Waals surface area contributed by atoms with Crippen LogP contribution in [0.2, 0.25) is 0 Å². The normalized spacial score (nSPS) is 13.3. The average Bonchev–Trinajstić information content (AvgIpc) is 2.95. The second kappa shape index (κ2) is 31.7. The van der Waals surface area contributed by atoms with Crippen LogP contribution in [0.5, 0.6) is 0 Å². The van der Waals surface area contributed by atoms with Crippen LogP contribution in [-0.2, 0) is 9.47 Å². The van der Waals surface area contributed by atoms with Gasteiger partial charge in [-0.15, -0.1) is 0 Å². The Morgan fingerprint density at radius 2 is 1.02 bits per heavy atom. The molecule has 4 heteroatoms. The first-order chi connectivity index (χ1) is 20.4. The fourth-order valence-electron chi connectivity index (χ4n) is 5.44. The van der Waals surface area contributed by atoms with Crippen molar-refractivity contribution in [2.45, 2.75) is 155 Å². The highest BCUT2D eigenvalue weighted by molar-refractivity contribution is 4.81. The number of allylic oxidation sites excluding steroid dienone is 4. The fraction of sp³-hybridized carbons (Fsp3) is 0.895. The zero-order chi connectivity index (χ0) is 31.0. The number of hydrogen-bond donors (Lipinski definition) is 0. The Bertz CT molecular complexity index is 588. The van der Waals surface area contributed by atoms with E-state index in [4.69, 9.17) is 9.47 Å². The Morgan fingerprint density at radius 3 is 1.52 bits per heavy atom. The van der Waals surface area contributed by atoms with Crippen molar-refractivity contribution in [1.29, 1.82) is 0 Å². The van der Waals surface area contributed by atoms with E-state index in [1.165, 1.54) is 141 Å². The molecule has 0 heterocycles. The largest absolute Gasteiger partial charge is 0.379 e.